The van der Waals surface area contributed by atoms with Gasteiger partial charge in [-0.1, -0.05) is 18.2 Å². The highest BCUT2D eigenvalue weighted by Crippen LogP contribution is 2.23. The molecule has 0 radical (unpaired) electrons. The van der Waals surface area contributed by atoms with Crippen LogP contribution < -0.4 is 10.2 Å². The molecule has 1 aliphatic heterocycles. The molecule has 0 bridgehead atoms. The van der Waals surface area contributed by atoms with Crippen molar-refractivity contribution in [3.63, 3.8) is 0 Å². The number of rotatable bonds is 3. The van der Waals surface area contributed by atoms with Crippen molar-refractivity contribution >= 4 is 28.4 Å². The molecular formula is C17H17N5O. The lowest BCUT2D eigenvalue weighted by atomic mass is 10.2. The molecule has 1 N–H and O–H groups in total. The van der Waals surface area contributed by atoms with Crippen LogP contribution in [0.5, 0.6) is 0 Å². The molecule has 2 aromatic heterocycles. The van der Waals surface area contributed by atoms with E-state index in [4.69, 9.17) is 4.74 Å². The first-order chi connectivity index (χ1) is 11.4. The summed E-state index contributed by atoms with van der Waals surface area (Å²) in [5.41, 5.74) is 1.82. The van der Waals surface area contributed by atoms with Gasteiger partial charge in [-0.15, -0.1) is 0 Å². The average molecular weight is 307 g/mol. The zero-order valence-corrected chi connectivity index (χ0v) is 12.6. The maximum absolute atomic E-state index is 5.39. The van der Waals surface area contributed by atoms with Crippen LogP contribution in [-0.4, -0.2) is 41.3 Å². The normalized spacial score (nSPS) is 14.9. The van der Waals surface area contributed by atoms with E-state index in [0.717, 1.165) is 48.7 Å². The molecule has 0 atom stereocenters. The second-order valence-corrected chi connectivity index (χ2v) is 5.34. The molecule has 116 valence electrons. The van der Waals surface area contributed by atoms with Crippen molar-refractivity contribution in [2.75, 3.05) is 36.5 Å². The second-order valence-electron chi connectivity index (χ2n) is 5.34. The van der Waals surface area contributed by atoms with Crippen LogP contribution in [0.4, 0.5) is 17.5 Å². The van der Waals surface area contributed by atoms with Crippen molar-refractivity contribution < 1.29 is 4.74 Å². The Morgan fingerprint density at radius 3 is 2.74 bits per heavy atom. The lowest BCUT2D eigenvalue weighted by molar-refractivity contribution is 0.122. The van der Waals surface area contributed by atoms with Crippen molar-refractivity contribution in [2.24, 2.45) is 0 Å². The van der Waals surface area contributed by atoms with Gasteiger partial charge in [-0.05, 0) is 18.2 Å². The van der Waals surface area contributed by atoms with Gasteiger partial charge in [-0.2, -0.15) is 4.98 Å². The largest absolute Gasteiger partial charge is 0.378 e. The summed E-state index contributed by atoms with van der Waals surface area (Å²) in [6.07, 6.45) is 3.57. The minimum atomic E-state index is 0.576. The van der Waals surface area contributed by atoms with E-state index >= 15 is 0 Å². The number of morpholine rings is 1. The van der Waals surface area contributed by atoms with E-state index in [1.165, 1.54) is 0 Å². The summed E-state index contributed by atoms with van der Waals surface area (Å²) >= 11 is 0. The molecule has 1 fully saturated rings. The highest BCUT2D eigenvalue weighted by Gasteiger charge is 2.13. The monoisotopic (exact) mass is 307 g/mol. The van der Waals surface area contributed by atoms with Crippen LogP contribution in [0.3, 0.4) is 0 Å². The molecule has 23 heavy (non-hydrogen) atoms. The first kappa shape index (κ1) is 13.9. The standard InChI is InChI=1S/C17H17N5O/c1-3-13-4-2-7-18-16(13)14(5-1)20-17-19-8-6-15(21-17)22-9-11-23-12-10-22/h1-8H,9-12H2,(H,19,20,21). The number of para-hydroxylation sites is 1. The predicted molar refractivity (Wildman–Crippen MR) is 90.1 cm³/mol. The third-order valence-electron chi connectivity index (χ3n) is 3.86. The fraction of sp³-hybridized carbons (Fsp3) is 0.235. The zero-order valence-electron chi connectivity index (χ0n) is 12.6. The van der Waals surface area contributed by atoms with Crippen LogP contribution >= 0.6 is 0 Å². The number of hydrogen-bond acceptors (Lipinski definition) is 6. The maximum Gasteiger partial charge on any atom is 0.229 e. The minimum Gasteiger partial charge on any atom is -0.378 e. The first-order valence-electron chi connectivity index (χ1n) is 7.67. The SMILES string of the molecule is c1cnc2c(Nc3nccc(N4CCOCC4)n3)cccc2c1. The quantitative estimate of drug-likeness (QED) is 0.802. The molecule has 0 unspecified atom stereocenters. The summed E-state index contributed by atoms with van der Waals surface area (Å²) in [6, 6.07) is 11.9. The molecule has 6 heteroatoms. The number of benzene rings is 1. The zero-order chi connectivity index (χ0) is 15.5. The lowest BCUT2D eigenvalue weighted by Crippen LogP contribution is -2.36. The molecule has 3 aromatic rings. The van der Waals surface area contributed by atoms with Crippen LogP contribution in [0.15, 0.2) is 48.8 Å². The number of fused-ring (bicyclic) bond motifs is 1. The van der Waals surface area contributed by atoms with Gasteiger partial charge in [0.05, 0.1) is 24.4 Å². The van der Waals surface area contributed by atoms with Gasteiger partial charge in [0.15, 0.2) is 0 Å². The molecule has 4 rings (SSSR count). The molecule has 0 aliphatic carbocycles. The third kappa shape index (κ3) is 2.93. The predicted octanol–water partition coefficient (Wildman–Crippen LogP) is 2.61. The van der Waals surface area contributed by atoms with Crippen molar-refractivity contribution in [1.82, 2.24) is 15.0 Å². The van der Waals surface area contributed by atoms with Gasteiger partial charge < -0.3 is 15.0 Å². The molecule has 0 amide bonds. The van der Waals surface area contributed by atoms with E-state index < -0.39 is 0 Å². The maximum atomic E-state index is 5.39. The van der Waals surface area contributed by atoms with E-state index in [2.05, 4.69) is 25.2 Å². The third-order valence-corrected chi connectivity index (χ3v) is 3.86. The number of aromatic nitrogens is 3. The number of anilines is 3. The number of nitrogens with zero attached hydrogens (tertiary/aromatic N) is 4. The van der Waals surface area contributed by atoms with Crippen LogP contribution in [0.1, 0.15) is 0 Å². The summed E-state index contributed by atoms with van der Waals surface area (Å²) in [5, 5.41) is 4.37. The van der Waals surface area contributed by atoms with Gasteiger partial charge in [0.2, 0.25) is 5.95 Å². The summed E-state index contributed by atoms with van der Waals surface area (Å²) in [5.74, 6) is 1.49. The number of nitrogens with one attached hydrogen (secondary N) is 1. The van der Waals surface area contributed by atoms with E-state index in [9.17, 15) is 0 Å². The Bertz CT molecular complexity index is 811. The molecule has 0 spiro atoms. The molecule has 6 nitrogen and oxygen atoms in total. The van der Waals surface area contributed by atoms with Gasteiger partial charge in [0.25, 0.3) is 0 Å². The van der Waals surface area contributed by atoms with Gasteiger partial charge in [-0.3, -0.25) is 4.98 Å². The topological polar surface area (TPSA) is 63.2 Å². The fourth-order valence-corrected chi connectivity index (χ4v) is 2.70. The van der Waals surface area contributed by atoms with Crippen LogP contribution in [0, 0.1) is 0 Å². The Morgan fingerprint density at radius 1 is 0.957 bits per heavy atom. The Kier molecular flexibility index (Phi) is 3.73. The fourth-order valence-electron chi connectivity index (χ4n) is 2.70. The minimum absolute atomic E-state index is 0.576. The highest BCUT2D eigenvalue weighted by atomic mass is 16.5. The highest BCUT2D eigenvalue weighted by molar-refractivity contribution is 5.91. The summed E-state index contributed by atoms with van der Waals surface area (Å²) in [7, 11) is 0. The molecule has 1 saturated heterocycles. The van der Waals surface area contributed by atoms with Crippen molar-refractivity contribution in [3.8, 4) is 0 Å². The summed E-state index contributed by atoms with van der Waals surface area (Å²) in [4.78, 5) is 15.6. The van der Waals surface area contributed by atoms with E-state index in [1.807, 2.05) is 36.4 Å². The van der Waals surface area contributed by atoms with Crippen molar-refractivity contribution in [2.45, 2.75) is 0 Å². The van der Waals surface area contributed by atoms with Gasteiger partial charge >= 0.3 is 0 Å². The smallest absolute Gasteiger partial charge is 0.229 e. The first-order valence-corrected chi connectivity index (χ1v) is 7.67. The molecule has 1 aromatic carbocycles. The summed E-state index contributed by atoms with van der Waals surface area (Å²) < 4.78 is 5.39. The summed E-state index contributed by atoms with van der Waals surface area (Å²) in [6.45, 7) is 3.18. The number of ether oxygens (including phenoxy) is 1. The number of hydrogen-bond donors (Lipinski definition) is 1. The molecule has 1 aliphatic rings. The molecule has 3 heterocycles. The lowest BCUT2D eigenvalue weighted by Gasteiger charge is -2.27. The molecular weight excluding hydrogens is 290 g/mol. The van der Waals surface area contributed by atoms with Crippen LogP contribution in [-0.2, 0) is 4.74 Å². The van der Waals surface area contributed by atoms with Gasteiger partial charge in [-0.25, -0.2) is 4.98 Å². The van der Waals surface area contributed by atoms with Crippen molar-refractivity contribution in [3.05, 3.63) is 48.8 Å². The van der Waals surface area contributed by atoms with E-state index in [0.29, 0.717) is 5.95 Å². The van der Waals surface area contributed by atoms with Crippen LogP contribution in [0.2, 0.25) is 0 Å². The molecule has 0 saturated carbocycles. The van der Waals surface area contributed by atoms with E-state index in [1.54, 1.807) is 12.4 Å². The Labute approximate surface area is 134 Å². The average Bonchev–Trinajstić information content (AvgIpc) is 2.63. The van der Waals surface area contributed by atoms with Crippen molar-refractivity contribution in [1.29, 1.82) is 0 Å². The van der Waals surface area contributed by atoms with Gasteiger partial charge in [0, 0.05) is 30.9 Å². The Morgan fingerprint density at radius 2 is 1.83 bits per heavy atom. The van der Waals surface area contributed by atoms with E-state index in [-0.39, 0.29) is 0 Å². The number of pyridine rings is 1. The Hall–Kier alpha value is -2.73. The van der Waals surface area contributed by atoms with Crippen LogP contribution in [0.25, 0.3) is 10.9 Å². The van der Waals surface area contributed by atoms with Gasteiger partial charge in [0.1, 0.15) is 5.82 Å². The Balaban J connectivity index is 1.63. The second kappa shape index (κ2) is 6.18.